The number of nitrogens with zero attached hydrogens (tertiary/aromatic N) is 2. The molecule has 3 rings (SSSR count). The van der Waals surface area contributed by atoms with Crippen LogP contribution in [0.3, 0.4) is 0 Å². The van der Waals surface area contributed by atoms with Gasteiger partial charge in [-0.2, -0.15) is 0 Å². The molecule has 1 aromatic carbocycles. The van der Waals surface area contributed by atoms with Crippen LogP contribution in [0.2, 0.25) is 0 Å². The SMILES string of the molecule is CN(C1CCCCCC1)S(=O)(=O)CCCCCCNc1c(Nc2ccncc2)c(=O)c1=O.[HH].[HH]. The maximum atomic E-state index is 12.6. The molecule has 0 aliphatic heterocycles. The van der Waals surface area contributed by atoms with Crippen molar-refractivity contribution < 1.29 is 11.3 Å². The van der Waals surface area contributed by atoms with Gasteiger partial charge < -0.3 is 10.6 Å². The molecule has 2 N–H and O–H groups in total. The Morgan fingerprint density at radius 2 is 1.59 bits per heavy atom. The topological polar surface area (TPSA) is 108 Å². The summed E-state index contributed by atoms with van der Waals surface area (Å²) in [6.45, 7) is 0.560. The third-order valence-corrected chi connectivity index (χ3v) is 8.25. The van der Waals surface area contributed by atoms with E-state index in [1.807, 2.05) is 0 Å². The second-order valence-electron chi connectivity index (χ2n) is 8.59. The predicted octanol–water partition coefficient (Wildman–Crippen LogP) is 3.87. The van der Waals surface area contributed by atoms with Crippen LogP contribution in [0, 0.1) is 0 Å². The van der Waals surface area contributed by atoms with Crippen molar-refractivity contribution in [3.05, 3.63) is 45.0 Å². The molecule has 0 radical (unpaired) electrons. The number of pyridine rings is 1. The third kappa shape index (κ3) is 6.38. The first-order chi connectivity index (χ1) is 15.4. The summed E-state index contributed by atoms with van der Waals surface area (Å²) >= 11 is 0. The van der Waals surface area contributed by atoms with Crippen LogP contribution in [0.15, 0.2) is 34.1 Å². The van der Waals surface area contributed by atoms with Gasteiger partial charge in [0.15, 0.2) is 0 Å². The van der Waals surface area contributed by atoms with Gasteiger partial charge in [-0.25, -0.2) is 12.7 Å². The minimum absolute atomic E-state index is 0. The summed E-state index contributed by atoms with van der Waals surface area (Å²) in [5.74, 6) is 0.186. The van der Waals surface area contributed by atoms with Gasteiger partial charge in [0.25, 0.3) is 10.9 Å². The normalized spacial score (nSPS) is 15.7. The number of hydrogen-bond acceptors (Lipinski definition) is 7. The van der Waals surface area contributed by atoms with Crippen molar-refractivity contribution in [2.24, 2.45) is 0 Å². The van der Waals surface area contributed by atoms with Gasteiger partial charge in [-0.3, -0.25) is 14.6 Å². The van der Waals surface area contributed by atoms with E-state index in [2.05, 4.69) is 15.6 Å². The van der Waals surface area contributed by atoms with Gasteiger partial charge in [0.05, 0.1) is 5.75 Å². The van der Waals surface area contributed by atoms with E-state index in [1.54, 1.807) is 35.9 Å². The molecule has 1 saturated carbocycles. The lowest BCUT2D eigenvalue weighted by atomic mass is 10.1. The lowest BCUT2D eigenvalue weighted by molar-refractivity contribution is 0.335. The maximum Gasteiger partial charge on any atom is 0.253 e. The second kappa shape index (κ2) is 11.6. The van der Waals surface area contributed by atoms with Crippen molar-refractivity contribution in [3.8, 4) is 0 Å². The number of anilines is 3. The van der Waals surface area contributed by atoms with Gasteiger partial charge >= 0.3 is 0 Å². The molecule has 0 saturated heterocycles. The summed E-state index contributed by atoms with van der Waals surface area (Å²) in [6, 6.07) is 3.60. The number of hydrogen-bond donors (Lipinski definition) is 2. The van der Waals surface area contributed by atoms with Gasteiger partial charge in [-0.05, 0) is 37.8 Å². The van der Waals surface area contributed by atoms with Crippen LogP contribution >= 0.6 is 0 Å². The minimum Gasteiger partial charge on any atom is -0.380 e. The van der Waals surface area contributed by atoms with Crippen LogP contribution in [-0.2, 0) is 10.0 Å². The van der Waals surface area contributed by atoms with E-state index in [1.165, 1.54) is 12.8 Å². The Bertz CT molecular complexity index is 1040. The fraction of sp³-hybridized carbons (Fsp3) is 0.609. The summed E-state index contributed by atoms with van der Waals surface area (Å²) in [4.78, 5) is 27.6. The molecule has 32 heavy (non-hydrogen) atoms. The average Bonchev–Trinajstić information content (AvgIpc) is 3.09. The number of nitrogens with one attached hydrogen (secondary N) is 2. The highest BCUT2D eigenvalue weighted by Crippen LogP contribution is 2.23. The summed E-state index contributed by atoms with van der Waals surface area (Å²) in [5.41, 5.74) is 0.278. The zero-order valence-electron chi connectivity index (χ0n) is 18.8. The van der Waals surface area contributed by atoms with Crippen molar-refractivity contribution in [1.29, 1.82) is 0 Å². The van der Waals surface area contributed by atoms with E-state index in [9.17, 15) is 18.0 Å². The van der Waals surface area contributed by atoms with Crippen molar-refractivity contribution in [1.82, 2.24) is 9.29 Å². The van der Waals surface area contributed by atoms with Crippen molar-refractivity contribution in [2.75, 3.05) is 30.0 Å². The lowest BCUT2D eigenvalue weighted by Gasteiger charge is -2.26. The zero-order chi connectivity index (χ0) is 23.0. The van der Waals surface area contributed by atoms with Crippen LogP contribution in [0.5, 0.6) is 0 Å². The van der Waals surface area contributed by atoms with E-state index >= 15 is 0 Å². The molecule has 9 heteroatoms. The molecular formula is C23H38N4O4S. The smallest absolute Gasteiger partial charge is 0.253 e. The largest absolute Gasteiger partial charge is 0.380 e. The van der Waals surface area contributed by atoms with Crippen LogP contribution in [-0.4, -0.2) is 43.1 Å². The lowest BCUT2D eigenvalue weighted by Crippen LogP contribution is -2.38. The fourth-order valence-corrected chi connectivity index (χ4v) is 5.75. The molecular weight excluding hydrogens is 428 g/mol. The Balaban J connectivity index is 0.00000289. The standard InChI is InChI=1S/C23H34N4O4S.2H2/c1-27(19-10-6-2-3-7-11-19)32(30,31)17-9-5-4-8-14-25-20-21(23(29)22(20)28)26-18-12-15-24-16-13-18;;/h12-13,15-16,19,25H,2-11,14,17H2,1H3,(H,24,26);2*1H. The molecule has 0 amide bonds. The molecule has 0 unspecified atom stereocenters. The Labute approximate surface area is 193 Å². The van der Waals surface area contributed by atoms with Crippen LogP contribution < -0.4 is 21.5 Å². The molecule has 1 fully saturated rings. The van der Waals surface area contributed by atoms with Gasteiger partial charge in [0.1, 0.15) is 11.4 Å². The maximum absolute atomic E-state index is 12.6. The molecule has 2 aromatic rings. The molecule has 1 aliphatic rings. The molecule has 0 atom stereocenters. The first kappa shape index (κ1) is 24.4. The predicted molar refractivity (Wildman–Crippen MR) is 133 cm³/mol. The van der Waals surface area contributed by atoms with Gasteiger partial charge in [-0.15, -0.1) is 0 Å². The molecule has 1 heterocycles. The van der Waals surface area contributed by atoms with Crippen LogP contribution in [0.25, 0.3) is 0 Å². The highest BCUT2D eigenvalue weighted by Gasteiger charge is 2.26. The molecule has 1 aliphatic carbocycles. The van der Waals surface area contributed by atoms with Crippen molar-refractivity contribution >= 4 is 27.1 Å². The number of aromatic nitrogens is 1. The van der Waals surface area contributed by atoms with Crippen LogP contribution in [0.4, 0.5) is 17.1 Å². The van der Waals surface area contributed by atoms with E-state index < -0.39 is 20.9 Å². The summed E-state index contributed by atoms with van der Waals surface area (Å²) in [7, 11) is -1.48. The van der Waals surface area contributed by atoms with Crippen LogP contribution in [0.1, 0.15) is 67.1 Å². The average molecular weight is 467 g/mol. The van der Waals surface area contributed by atoms with Gasteiger partial charge in [-0.1, -0.05) is 38.5 Å². The third-order valence-electron chi connectivity index (χ3n) is 6.27. The first-order valence-corrected chi connectivity index (χ1v) is 13.2. The monoisotopic (exact) mass is 466 g/mol. The number of sulfonamides is 1. The summed E-state index contributed by atoms with van der Waals surface area (Å²) < 4.78 is 26.9. The number of rotatable bonds is 12. The van der Waals surface area contributed by atoms with E-state index in [0.717, 1.165) is 44.9 Å². The molecule has 180 valence electrons. The molecule has 0 bridgehead atoms. The highest BCUT2D eigenvalue weighted by atomic mass is 32.2. The van der Waals surface area contributed by atoms with Crippen molar-refractivity contribution in [3.63, 3.8) is 0 Å². The Kier molecular flexibility index (Phi) is 8.81. The highest BCUT2D eigenvalue weighted by molar-refractivity contribution is 7.89. The quantitative estimate of drug-likeness (QED) is 0.278. The molecule has 0 spiro atoms. The van der Waals surface area contributed by atoms with E-state index in [-0.39, 0.29) is 20.3 Å². The molecule has 8 nitrogen and oxygen atoms in total. The van der Waals surface area contributed by atoms with E-state index in [4.69, 9.17) is 0 Å². The first-order valence-electron chi connectivity index (χ1n) is 11.6. The molecule has 1 aromatic heterocycles. The fourth-order valence-electron chi connectivity index (χ4n) is 4.23. The minimum atomic E-state index is -3.21. The van der Waals surface area contributed by atoms with Gasteiger partial charge in [0.2, 0.25) is 10.0 Å². The zero-order valence-corrected chi connectivity index (χ0v) is 19.6. The Morgan fingerprint density at radius 3 is 2.28 bits per heavy atom. The van der Waals surface area contributed by atoms with E-state index in [0.29, 0.717) is 24.3 Å². The summed E-state index contributed by atoms with van der Waals surface area (Å²) in [5, 5.41) is 6.01. The second-order valence-corrected chi connectivity index (χ2v) is 10.7. The number of unbranched alkanes of at least 4 members (excludes halogenated alkanes) is 3. The summed E-state index contributed by atoms with van der Waals surface area (Å²) in [6.07, 6.45) is 12.9. The van der Waals surface area contributed by atoms with Gasteiger partial charge in [0, 0.05) is 40.6 Å². The van der Waals surface area contributed by atoms with Crippen molar-refractivity contribution in [2.45, 2.75) is 70.3 Å². The Hall–Kier alpha value is -2.26. The Morgan fingerprint density at radius 1 is 0.969 bits per heavy atom.